The third-order valence-corrected chi connectivity index (χ3v) is 4.93. The van der Waals surface area contributed by atoms with Gasteiger partial charge in [-0.2, -0.15) is 4.31 Å². The van der Waals surface area contributed by atoms with Crippen molar-refractivity contribution in [2.45, 2.75) is 32.6 Å². The lowest BCUT2D eigenvalue weighted by Crippen LogP contribution is -2.31. The van der Waals surface area contributed by atoms with Crippen LogP contribution in [-0.4, -0.2) is 36.9 Å². The summed E-state index contributed by atoms with van der Waals surface area (Å²) in [6.07, 6.45) is 0. The van der Waals surface area contributed by atoms with E-state index >= 15 is 0 Å². The van der Waals surface area contributed by atoms with E-state index < -0.39 is 16.0 Å². The maximum Gasteiger partial charge on any atom is 0.340 e. The van der Waals surface area contributed by atoms with Gasteiger partial charge < -0.3 is 9.52 Å². The third kappa shape index (κ3) is 2.28. The molecule has 7 heteroatoms. The first-order chi connectivity index (χ1) is 8.27. The van der Waals surface area contributed by atoms with Gasteiger partial charge in [0.2, 0.25) is 10.0 Å². The molecule has 0 aliphatic rings. The molecule has 1 aromatic heterocycles. The maximum absolute atomic E-state index is 12.4. The molecule has 1 rings (SSSR count). The predicted octanol–water partition coefficient (Wildman–Crippen LogP) is 1.63. The predicted molar refractivity (Wildman–Crippen MR) is 65.2 cm³/mol. The van der Waals surface area contributed by atoms with Crippen molar-refractivity contribution in [1.82, 2.24) is 4.31 Å². The highest BCUT2D eigenvalue weighted by atomic mass is 32.2. The second-order valence-corrected chi connectivity index (χ2v) is 5.69. The number of hydrogen-bond acceptors (Lipinski definition) is 4. The second kappa shape index (κ2) is 5.11. The SMILES string of the molecule is CCN(CC)S(=O)(=O)c1c(C)oc(C)c1C(=O)O. The lowest BCUT2D eigenvalue weighted by atomic mass is 10.2. The van der Waals surface area contributed by atoms with Crippen LogP contribution in [0.4, 0.5) is 0 Å². The van der Waals surface area contributed by atoms with Gasteiger partial charge in [-0.1, -0.05) is 13.8 Å². The fraction of sp³-hybridized carbons (Fsp3) is 0.545. The standard InChI is InChI=1S/C11H17NO5S/c1-5-12(6-2)18(15,16)10-8(4)17-7(3)9(10)11(13)14/h5-6H2,1-4H3,(H,13,14). The van der Waals surface area contributed by atoms with Gasteiger partial charge in [-0.05, 0) is 13.8 Å². The molecule has 0 aliphatic carbocycles. The Hall–Kier alpha value is -1.34. The first-order valence-corrected chi connectivity index (χ1v) is 7.04. The summed E-state index contributed by atoms with van der Waals surface area (Å²) < 4.78 is 31.1. The number of carbonyl (C=O) groups is 1. The summed E-state index contributed by atoms with van der Waals surface area (Å²) in [4.78, 5) is 10.9. The number of sulfonamides is 1. The van der Waals surface area contributed by atoms with Crippen LogP contribution in [0.5, 0.6) is 0 Å². The number of rotatable bonds is 5. The van der Waals surface area contributed by atoms with E-state index in [4.69, 9.17) is 9.52 Å². The Kier molecular flexibility index (Phi) is 4.18. The van der Waals surface area contributed by atoms with Crippen molar-refractivity contribution in [2.24, 2.45) is 0 Å². The van der Waals surface area contributed by atoms with Crippen LogP contribution in [0.3, 0.4) is 0 Å². The molecular weight excluding hydrogens is 258 g/mol. The Bertz CT molecular complexity index is 554. The molecule has 0 aromatic carbocycles. The molecule has 102 valence electrons. The molecule has 0 radical (unpaired) electrons. The number of furan rings is 1. The Morgan fingerprint density at radius 1 is 1.22 bits per heavy atom. The minimum Gasteiger partial charge on any atom is -0.478 e. The van der Waals surface area contributed by atoms with Crippen LogP contribution in [0.15, 0.2) is 9.31 Å². The zero-order chi connectivity index (χ0) is 14.1. The van der Waals surface area contributed by atoms with Gasteiger partial charge in [0.1, 0.15) is 22.0 Å². The highest BCUT2D eigenvalue weighted by Gasteiger charge is 2.33. The summed E-state index contributed by atoms with van der Waals surface area (Å²) in [5.41, 5.74) is -0.278. The number of carboxylic acids is 1. The fourth-order valence-corrected chi connectivity index (χ4v) is 3.75. The Balaban J connectivity index is 3.55. The van der Waals surface area contributed by atoms with E-state index in [1.165, 1.54) is 18.2 Å². The number of hydrogen-bond donors (Lipinski definition) is 1. The molecule has 0 spiro atoms. The van der Waals surface area contributed by atoms with E-state index in [1.54, 1.807) is 13.8 Å². The van der Waals surface area contributed by atoms with Gasteiger partial charge in [-0.15, -0.1) is 0 Å². The molecule has 0 aliphatic heterocycles. The van der Waals surface area contributed by atoms with Gasteiger partial charge in [-0.25, -0.2) is 13.2 Å². The van der Waals surface area contributed by atoms with Gasteiger partial charge in [-0.3, -0.25) is 0 Å². The molecule has 0 bridgehead atoms. The van der Waals surface area contributed by atoms with Crippen LogP contribution in [0, 0.1) is 13.8 Å². The molecule has 0 unspecified atom stereocenters. The highest BCUT2D eigenvalue weighted by Crippen LogP contribution is 2.29. The monoisotopic (exact) mass is 275 g/mol. The summed E-state index contributed by atoms with van der Waals surface area (Å²) in [6.45, 7) is 6.85. The van der Waals surface area contributed by atoms with Gasteiger partial charge in [0, 0.05) is 13.1 Å². The zero-order valence-corrected chi connectivity index (χ0v) is 11.7. The van der Waals surface area contributed by atoms with Gasteiger partial charge in [0.15, 0.2) is 0 Å². The normalized spacial score (nSPS) is 12.1. The second-order valence-electron chi connectivity index (χ2n) is 3.81. The minimum atomic E-state index is -3.83. The number of aryl methyl sites for hydroxylation is 2. The van der Waals surface area contributed by atoms with Crippen molar-refractivity contribution in [3.8, 4) is 0 Å². The summed E-state index contributed by atoms with van der Waals surface area (Å²) >= 11 is 0. The maximum atomic E-state index is 12.4. The molecule has 0 saturated carbocycles. The Morgan fingerprint density at radius 2 is 1.72 bits per heavy atom. The Labute approximate surface area is 106 Å². The Morgan fingerprint density at radius 3 is 2.11 bits per heavy atom. The zero-order valence-electron chi connectivity index (χ0n) is 10.8. The van der Waals surface area contributed by atoms with Crippen LogP contribution in [0.2, 0.25) is 0 Å². The van der Waals surface area contributed by atoms with E-state index in [-0.39, 0.29) is 35.1 Å². The topological polar surface area (TPSA) is 87.8 Å². The van der Waals surface area contributed by atoms with E-state index in [0.29, 0.717) is 0 Å². The molecule has 0 saturated heterocycles. The van der Waals surface area contributed by atoms with E-state index in [1.807, 2.05) is 0 Å². The number of aromatic carboxylic acids is 1. The lowest BCUT2D eigenvalue weighted by molar-refractivity contribution is 0.0691. The quantitative estimate of drug-likeness (QED) is 0.882. The number of nitrogens with zero attached hydrogens (tertiary/aromatic N) is 1. The van der Waals surface area contributed by atoms with Crippen molar-refractivity contribution < 1.29 is 22.7 Å². The third-order valence-electron chi connectivity index (χ3n) is 2.72. The van der Waals surface area contributed by atoms with Crippen LogP contribution in [0.1, 0.15) is 35.7 Å². The minimum absolute atomic E-state index is 0.103. The summed E-state index contributed by atoms with van der Waals surface area (Å²) in [5.74, 6) is -1.09. The molecule has 18 heavy (non-hydrogen) atoms. The van der Waals surface area contributed by atoms with E-state index in [0.717, 1.165) is 0 Å². The molecule has 1 N–H and O–H groups in total. The first-order valence-electron chi connectivity index (χ1n) is 5.60. The van der Waals surface area contributed by atoms with E-state index in [9.17, 15) is 13.2 Å². The van der Waals surface area contributed by atoms with Crippen LogP contribution in [0.25, 0.3) is 0 Å². The van der Waals surface area contributed by atoms with Crippen molar-refractivity contribution in [1.29, 1.82) is 0 Å². The molecule has 0 atom stereocenters. The van der Waals surface area contributed by atoms with Crippen LogP contribution >= 0.6 is 0 Å². The number of carboxylic acid groups (broad SMARTS) is 1. The average molecular weight is 275 g/mol. The van der Waals surface area contributed by atoms with E-state index in [2.05, 4.69) is 0 Å². The smallest absolute Gasteiger partial charge is 0.340 e. The van der Waals surface area contributed by atoms with Crippen molar-refractivity contribution in [3.05, 3.63) is 17.1 Å². The van der Waals surface area contributed by atoms with Crippen LogP contribution in [-0.2, 0) is 10.0 Å². The summed E-state index contributed by atoms with van der Waals surface area (Å²) in [7, 11) is -3.83. The van der Waals surface area contributed by atoms with Crippen molar-refractivity contribution in [2.75, 3.05) is 13.1 Å². The first kappa shape index (κ1) is 14.7. The fourth-order valence-electron chi connectivity index (χ4n) is 1.91. The molecule has 1 heterocycles. The van der Waals surface area contributed by atoms with Crippen molar-refractivity contribution >= 4 is 16.0 Å². The summed E-state index contributed by atoms with van der Waals surface area (Å²) in [6, 6.07) is 0. The molecule has 0 amide bonds. The highest BCUT2D eigenvalue weighted by molar-refractivity contribution is 7.89. The van der Waals surface area contributed by atoms with Crippen molar-refractivity contribution in [3.63, 3.8) is 0 Å². The van der Waals surface area contributed by atoms with Crippen LogP contribution < -0.4 is 0 Å². The molecular formula is C11H17NO5S. The molecule has 6 nitrogen and oxygen atoms in total. The molecule has 0 fully saturated rings. The average Bonchev–Trinajstić information content (AvgIpc) is 2.55. The van der Waals surface area contributed by atoms with Gasteiger partial charge in [0.05, 0.1) is 0 Å². The summed E-state index contributed by atoms with van der Waals surface area (Å²) in [5, 5.41) is 9.11. The largest absolute Gasteiger partial charge is 0.478 e. The van der Waals surface area contributed by atoms with Gasteiger partial charge in [0.25, 0.3) is 0 Å². The molecule has 1 aromatic rings. The lowest BCUT2D eigenvalue weighted by Gasteiger charge is -2.18. The van der Waals surface area contributed by atoms with Gasteiger partial charge >= 0.3 is 5.97 Å².